The minimum Gasteiger partial charge on any atom is -0.421 e. The summed E-state index contributed by atoms with van der Waals surface area (Å²) >= 11 is 2.20. The fourth-order valence-electron chi connectivity index (χ4n) is 3.35. The van der Waals surface area contributed by atoms with Gasteiger partial charge in [-0.2, -0.15) is 38.1 Å². The average Bonchev–Trinajstić information content (AvgIpc) is 3.21. The molecule has 0 bridgehead atoms. The Morgan fingerprint density at radius 1 is 0.821 bits per heavy atom. The number of aryl methyl sites for hydroxylation is 2. The van der Waals surface area contributed by atoms with E-state index in [0.717, 1.165) is 9.38 Å². The zero-order valence-corrected chi connectivity index (χ0v) is 25.1. The van der Waals surface area contributed by atoms with Crippen molar-refractivity contribution in [3.05, 3.63) is 22.8 Å². The van der Waals surface area contributed by atoms with E-state index in [1.54, 1.807) is 0 Å². The van der Waals surface area contributed by atoms with Gasteiger partial charge in [0.1, 0.15) is 12.4 Å². The van der Waals surface area contributed by atoms with Crippen molar-refractivity contribution in [2.24, 2.45) is 7.05 Å². The Balaban J connectivity index is 0.000000830. The van der Waals surface area contributed by atoms with Gasteiger partial charge in [-0.3, -0.25) is 0 Å². The first-order chi connectivity index (χ1) is 17.9. The number of imidazole rings is 1. The van der Waals surface area contributed by atoms with E-state index >= 15 is 0 Å². The fourth-order valence-corrected chi connectivity index (χ4v) is 6.17. The third kappa shape index (κ3) is 17.4. The second-order valence-corrected chi connectivity index (χ2v) is 14.2. The maximum Gasteiger partial charge on any atom is 0.480 e. The van der Waals surface area contributed by atoms with E-state index in [-0.39, 0.29) is 0 Å². The molecule has 0 fully saturated rings. The van der Waals surface area contributed by atoms with Crippen molar-refractivity contribution in [1.29, 1.82) is 0 Å². The predicted octanol–water partition coefficient (Wildman–Crippen LogP) is 7.19. The number of aromatic nitrogens is 2. The van der Waals surface area contributed by atoms with Crippen molar-refractivity contribution in [3.8, 4) is 0 Å². The highest BCUT2D eigenvalue weighted by Crippen LogP contribution is 2.36. The van der Waals surface area contributed by atoms with E-state index in [0.29, 0.717) is 0 Å². The summed E-state index contributed by atoms with van der Waals surface area (Å²) in [6, 6.07) is 0. The molecular weight excluding hydrogens is 592 g/mol. The lowest BCUT2D eigenvalue weighted by Crippen LogP contribution is -2.30. The maximum atomic E-state index is 11.4. The van der Waals surface area contributed by atoms with E-state index < -0.39 is 31.1 Å². The number of hydrogen-bond donors (Lipinski definition) is 0. The number of rotatable bonds is 18. The summed E-state index contributed by atoms with van der Waals surface area (Å²) in [5, 5.41) is 0.846. The van der Waals surface area contributed by atoms with Crippen molar-refractivity contribution < 1.29 is 47.7 Å². The lowest BCUT2D eigenvalue weighted by atomic mass is 10.1. The highest BCUT2D eigenvalue weighted by molar-refractivity contribution is 8.13. The van der Waals surface area contributed by atoms with Gasteiger partial charge >= 0.3 is 11.0 Å². The van der Waals surface area contributed by atoms with Gasteiger partial charge in [-0.15, -0.1) is 0 Å². The van der Waals surface area contributed by atoms with Crippen LogP contribution in [0.1, 0.15) is 90.9 Å². The van der Waals surface area contributed by atoms with E-state index in [2.05, 4.69) is 60.5 Å². The molecule has 39 heavy (non-hydrogen) atoms. The molecule has 1 aromatic heterocycles. The summed E-state index contributed by atoms with van der Waals surface area (Å²) in [6.07, 6.45) is 23.4. The summed E-state index contributed by atoms with van der Waals surface area (Å²) in [6.45, 7) is 5.88. The van der Waals surface area contributed by atoms with Crippen molar-refractivity contribution in [2.75, 3.05) is 5.75 Å². The van der Waals surface area contributed by atoms with Gasteiger partial charge in [-0.05, 0) is 31.4 Å². The minimum atomic E-state index is -6.72. The molecule has 0 spiro atoms. The van der Waals surface area contributed by atoms with E-state index in [9.17, 15) is 43.2 Å². The zero-order valence-electron chi connectivity index (χ0n) is 22.7. The SMILES string of the molecule is CCCCCCCCCCSC(C)CCCCCn1cc[n+](C)c1.O=S(=O)([N-]S(=O)(=O)C(F)(F)F)C(F)(F)F. The van der Waals surface area contributed by atoms with Crippen LogP contribution in [-0.2, 0) is 33.6 Å². The monoisotopic (exact) mass is 633 g/mol. The molecule has 1 atom stereocenters. The number of hydrogen-bond acceptors (Lipinski definition) is 5. The van der Waals surface area contributed by atoms with Gasteiger partial charge in [0.15, 0.2) is 20.0 Å². The molecule has 0 saturated heterocycles. The first-order valence-corrected chi connectivity index (χ1v) is 16.8. The van der Waals surface area contributed by atoms with Crippen molar-refractivity contribution in [2.45, 2.75) is 114 Å². The molecule has 0 radical (unpaired) electrons. The Labute approximate surface area is 233 Å². The van der Waals surface area contributed by atoms with Crippen LogP contribution in [0.5, 0.6) is 0 Å². The second kappa shape index (κ2) is 18.4. The molecule has 0 amide bonds. The number of halogens is 6. The molecule has 1 unspecified atom stereocenters. The van der Waals surface area contributed by atoms with Gasteiger partial charge in [0.25, 0.3) is 0 Å². The summed E-state index contributed by atoms with van der Waals surface area (Å²) in [5.74, 6) is 1.37. The fraction of sp³-hybridized carbons (Fsp3) is 0.870. The van der Waals surface area contributed by atoms with Crippen molar-refractivity contribution in [1.82, 2.24) is 4.57 Å². The highest BCUT2D eigenvalue weighted by atomic mass is 32.3. The molecule has 1 heterocycles. The van der Waals surface area contributed by atoms with Crippen molar-refractivity contribution >= 4 is 31.8 Å². The van der Waals surface area contributed by atoms with Crippen LogP contribution in [0.2, 0.25) is 0 Å². The quantitative estimate of drug-likeness (QED) is 0.0969. The first-order valence-electron chi connectivity index (χ1n) is 12.9. The molecular formula is C23H41F6N3O4S3. The van der Waals surface area contributed by atoms with E-state index in [1.165, 1.54) is 89.3 Å². The zero-order chi connectivity index (χ0) is 30.2. The Kier molecular flexibility index (Phi) is 18.0. The van der Waals surface area contributed by atoms with E-state index in [4.69, 9.17) is 0 Å². The van der Waals surface area contributed by atoms with Gasteiger partial charge in [0, 0.05) is 5.25 Å². The van der Waals surface area contributed by atoms with Gasteiger partial charge in [0.2, 0.25) is 6.33 Å². The van der Waals surface area contributed by atoms with E-state index in [1.807, 2.05) is 0 Å². The predicted molar refractivity (Wildman–Crippen MR) is 142 cm³/mol. The van der Waals surface area contributed by atoms with Crippen LogP contribution in [0.4, 0.5) is 26.3 Å². The Morgan fingerprint density at radius 2 is 1.31 bits per heavy atom. The molecule has 1 aromatic rings. The third-order valence-corrected chi connectivity index (χ3v) is 9.60. The molecule has 1 rings (SSSR count). The average molecular weight is 634 g/mol. The normalized spacial score (nSPS) is 13.7. The van der Waals surface area contributed by atoms with Crippen LogP contribution in [0.25, 0.3) is 4.13 Å². The largest absolute Gasteiger partial charge is 0.480 e. The second-order valence-electron chi connectivity index (χ2n) is 9.24. The van der Waals surface area contributed by atoms with Gasteiger partial charge in [-0.1, -0.05) is 65.2 Å². The van der Waals surface area contributed by atoms with Gasteiger partial charge in [0.05, 0.1) is 13.6 Å². The van der Waals surface area contributed by atoms with Crippen LogP contribution >= 0.6 is 11.8 Å². The molecule has 232 valence electrons. The number of nitrogens with zero attached hydrogens (tertiary/aromatic N) is 3. The number of sulfonamides is 2. The summed E-state index contributed by atoms with van der Waals surface area (Å²) < 4.78 is 114. The van der Waals surface area contributed by atoms with Crippen LogP contribution in [0, 0.1) is 0 Å². The molecule has 0 aliphatic heterocycles. The molecule has 0 aliphatic rings. The van der Waals surface area contributed by atoms with Gasteiger partial charge in [-0.25, -0.2) is 26.0 Å². The Bertz CT molecular complexity index is 955. The summed E-state index contributed by atoms with van der Waals surface area (Å²) in [7, 11) is -11.4. The molecule has 0 aromatic carbocycles. The first kappa shape index (κ1) is 38.0. The summed E-state index contributed by atoms with van der Waals surface area (Å²) in [5.41, 5.74) is -12.4. The lowest BCUT2D eigenvalue weighted by molar-refractivity contribution is -0.671. The number of unbranched alkanes of at least 4 members (excludes halogenated alkanes) is 9. The van der Waals surface area contributed by atoms with Gasteiger partial charge < -0.3 is 4.13 Å². The third-order valence-electron chi connectivity index (χ3n) is 5.53. The Morgan fingerprint density at radius 3 is 1.77 bits per heavy atom. The topological polar surface area (TPSA) is 91.2 Å². The lowest BCUT2D eigenvalue weighted by Gasteiger charge is -2.22. The molecule has 7 nitrogen and oxygen atoms in total. The summed E-state index contributed by atoms with van der Waals surface area (Å²) in [4.78, 5) is 0. The number of thioether (sulfide) groups is 1. The standard InChI is InChI=1S/C21H41N2S.C2F6NO4S2/c1-4-5-6-7-8-9-10-14-19-24-21(2)15-12-11-13-16-23-18-17-22(3)20-23;3-1(4,5)14(10,11)9-15(12,13)2(6,7)8/h17-18,20-21H,4-16,19H2,1-3H3;/q+1;-1. The van der Waals surface area contributed by atoms with Crippen molar-refractivity contribution in [3.63, 3.8) is 0 Å². The maximum absolute atomic E-state index is 11.4. The van der Waals surface area contributed by atoms with Crippen LogP contribution in [0.3, 0.4) is 0 Å². The Hall–Kier alpha value is -1.00. The highest BCUT2D eigenvalue weighted by Gasteiger charge is 2.46. The minimum absolute atomic E-state index is 0.778. The van der Waals surface area contributed by atoms with Crippen LogP contribution in [0.15, 0.2) is 18.7 Å². The van der Waals surface area contributed by atoms with Crippen LogP contribution < -0.4 is 4.57 Å². The molecule has 0 saturated carbocycles. The molecule has 16 heteroatoms. The number of alkyl halides is 6. The smallest absolute Gasteiger partial charge is 0.421 e. The molecule has 0 aliphatic carbocycles. The molecule has 0 N–H and O–H groups in total. The van der Waals surface area contributed by atoms with Crippen LogP contribution in [-0.4, -0.2) is 43.4 Å².